The molecule has 0 aromatic carbocycles. The number of methoxy groups -OCH3 is 2. The van der Waals surface area contributed by atoms with Crippen molar-refractivity contribution in [3.63, 3.8) is 0 Å². The lowest BCUT2D eigenvalue weighted by Gasteiger charge is -2.30. The minimum Gasteiger partial charge on any atom is -0.383 e. The summed E-state index contributed by atoms with van der Waals surface area (Å²) in [6.45, 7) is 3.77. The minimum atomic E-state index is 0.0955. The lowest BCUT2D eigenvalue weighted by molar-refractivity contribution is 0.170. The Morgan fingerprint density at radius 3 is 2.79 bits per heavy atom. The van der Waals surface area contributed by atoms with E-state index in [9.17, 15) is 0 Å². The van der Waals surface area contributed by atoms with Crippen molar-refractivity contribution in [2.75, 3.05) is 44.3 Å². The highest BCUT2D eigenvalue weighted by Gasteiger charge is 2.19. The summed E-state index contributed by atoms with van der Waals surface area (Å²) in [5, 5.41) is 0.457. The number of aromatic nitrogens is 2. The van der Waals surface area contributed by atoms with Gasteiger partial charge in [-0.1, -0.05) is 11.6 Å². The normalized spacial score (nSPS) is 12.3. The number of nitrogens with zero attached hydrogens (tertiary/aromatic N) is 3. The second-order valence-electron chi connectivity index (χ2n) is 4.00. The summed E-state index contributed by atoms with van der Waals surface area (Å²) in [7, 11) is 3.30. The molecule has 7 nitrogen and oxygen atoms in total. The number of rotatable bonds is 8. The monoisotopic (exact) mass is 289 g/mol. The van der Waals surface area contributed by atoms with Gasteiger partial charge in [-0.25, -0.2) is 10.8 Å². The van der Waals surface area contributed by atoms with Crippen molar-refractivity contribution in [1.29, 1.82) is 0 Å². The molecule has 19 heavy (non-hydrogen) atoms. The average molecular weight is 290 g/mol. The van der Waals surface area contributed by atoms with E-state index >= 15 is 0 Å². The van der Waals surface area contributed by atoms with Crippen LogP contribution in [-0.2, 0) is 9.47 Å². The van der Waals surface area contributed by atoms with Crippen LogP contribution in [-0.4, -0.2) is 50.0 Å². The first kappa shape index (κ1) is 15.9. The van der Waals surface area contributed by atoms with Crippen molar-refractivity contribution in [2.45, 2.75) is 13.0 Å². The summed E-state index contributed by atoms with van der Waals surface area (Å²) in [5.41, 5.74) is 2.41. The molecular weight excluding hydrogens is 270 g/mol. The van der Waals surface area contributed by atoms with E-state index in [0.29, 0.717) is 36.5 Å². The van der Waals surface area contributed by atoms with E-state index in [1.165, 1.54) is 6.20 Å². The highest BCUT2D eigenvalue weighted by Crippen LogP contribution is 2.25. The van der Waals surface area contributed by atoms with E-state index in [-0.39, 0.29) is 6.04 Å². The average Bonchev–Trinajstić information content (AvgIpc) is 2.41. The number of nitrogens with two attached hydrogens (primary N) is 1. The van der Waals surface area contributed by atoms with Gasteiger partial charge >= 0.3 is 0 Å². The van der Waals surface area contributed by atoms with E-state index in [1.807, 2.05) is 11.8 Å². The van der Waals surface area contributed by atoms with Crippen LogP contribution < -0.4 is 16.2 Å². The highest BCUT2D eigenvalue weighted by atomic mass is 35.5. The summed E-state index contributed by atoms with van der Waals surface area (Å²) < 4.78 is 10.3. The van der Waals surface area contributed by atoms with Crippen molar-refractivity contribution in [1.82, 2.24) is 9.97 Å². The molecular formula is C11H20ClN5O2. The van der Waals surface area contributed by atoms with E-state index in [0.717, 1.165) is 0 Å². The zero-order valence-electron chi connectivity index (χ0n) is 11.4. The quantitative estimate of drug-likeness (QED) is 0.543. The van der Waals surface area contributed by atoms with E-state index < -0.39 is 0 Å². The zero-order chi connectivity index (χ0) is 14.3. The van der Waals surface area contributed by atoms with Gasteiger partial charge in [-0.05, 0) is 6.92 Å². The third-order valence-electron chi connectivity index (χ3n) is 2.60. The van der Waals surface area contributed by atoms with Crippen molar-refractivity contribution in [3.05, 3.63) is 11.2 Å². The Kier molecular flexibility index (Phi) is 6.79. The van der Waals surface area contributed by atoms with Gasteiger partial charge in [0.05, 0.1) is 25.5 Å². The first-order chi connectivity index (χ1) is 9.13. The third kappa shape index (κ3) is 4.46. The molecule has 108 valence electrons. The predicted molar refractivity (Wildman–Crippen MR) is 75.4 cm³/mol. The van der Waals surface area contributed by atoms with E-state index in [2.05, 4.69) is 15.4 Å². The summed E-state index contributed by atoms with van der Waals surface area (Å²) in [5.74, 6) is 6.23. The number of nitrogens with one attached hydrogen (secondary N) is 1. The summed E-state index contributed by atoms with van der Waals surface area (Å²) in [4.78, 5) is 10.2. The maximum atomic E-state index is 6.15. The van der Waals surface area contributed by atoms with Crippen molar-refractivity contribution in [2.24, 2.45) is 5.84 Å². The fraction of sp³-hybridized carbons (Fsp3) is 0.636. The molecule has 0 amide bonds. The molecule has 1 rings (SSSR count). The van der Waals surface area contributed by atoms with Gasteiger partial charge in [-0.2, -0.15) is 4.98 Å². The third-order valence-corrected chi connectivity index (χ3v) is 2.87. The lowest BCUT2D eigenvalue weighted by atomic mass is 10.3. The smallest absolute Gasteiger partial charge is 0.239 e. The molecule has 0 saturated heterocycles. The summed E-state index contributed by atoms with van der Waals surface area (Å²) >= 11 is 6.15. The maximum Gasteiger partial charge on any atom is 0.239 e. The molecule has 0 aliphatic rings. The van der Waals surface area contributed by atoms with Crippen LogP contribution in [0.4, 0.5) is 11.8 Å². The Morgan fingerprint density at radius 1 is 1.47 bits per heavy atom. The molecule has 0 bridgehead atoms. The highest BCUT2D eigenvalue weighted by molar-refractivity contribution is 6.32. The molecule has 0 radical (unpaired) electrons. The molecule has 1 atom stereocenters. The standard InChI is InChI=1S/C11H20ClN5O2/c1-8(7-19-3)17(4-5-18-2)10-9(12)6-14-11(15-10)16-13/h6,8H,4-5,7,13H2,1-3H3,(H,14,15,16). The number of anilines is 2. The van der Waals surface area contributed by atoms with Gasteiger partial charge < -0.3 is 14.4 Å². The second kappa shape index (κ2) is 8.11. The van der Waals surface area contributed by atoms with Gasteiger partial charge in [-0.15, -0.1) is 0 Å². The van der Waals surface area contributed by atoms with Crippen LogP contribution in [0.15, 0.2) is 6.20 Å². The summed E-state index contributed by atoms with van der Waals surface area (Å²) in [6, 6.07) is 0.0955. The molecule has 1 heterocycles. The fourth-order valence-electron chi connectivity index (χ4n) is 1.68. The Labute approximate surface area is 118 Å². The molecule has 0 fully saturated rings. The molecule has 1 aromatic heterocycles. The molecule has 0 aliphatic heterocycles. The van der Waals surface area contributed by atoms with E-state index in [4.69, 9.17) is 26.9 Å². The van der Waals surface area contributed by atoms with Crippen molar-refractivity contribution < 1.29 is 9.47 Å². The van der Waals surface area contributed by atoms with Gasteiger partial charge in [0.15, 0.2) is 5.82 Å². The van der Waals surface area contributed by atoms with Crippen LogP contribution in [0.25, 0.3) is 0 Å². The molecule has 8 heteroatoms. The number of ether oxygens (including phenoxy) is 2. The molecule has 1 unspecified atom stereocenters. The van der Waals surface area contributed by atoms with Crippen LogP contribution in [0.3, 0.4) is 0 Å². The van der Waals surface area contributed by atoms with Crippen LogP contribution in [0.1, 0.15) is 6.92 Å². The Balaban J connectivity index is 3.00. The Hall–Kier alpha value is -1.15. The van der Waals surface area contributed by atoms with Crippen LogP contribution in [0.5, 0.6) is 0 Å². The van der Waals surface area contributed by atoms with Crippen LogP contribution in [0.2, 0.25) is 5.02 Å². The van der Waals surface area contributed by atoms with Crippen LogP contribution in [0, 0.1) is 0 Å². The molecule has 3 N–H and O–H groups in total. The number of halogens is 1. The van der Waals surface area contributed by atoms with Gasteiger partial charge in [0, 0.05) is 20.8 Å². The molecule has 0 saturated carbocycles. The van der Waals surface area contributed by atoms with Gasteiger partial charge in [-0.3, -0.25) is 5.43 Å². The first-order valence-electron chi connectivity index (χ1n) is 5.87. The van der Waals surface area contributed by atoms with Crippen molar-refractivity contribution >= 4 is 23.4 Å². The maximum absolute atomic E-state index is 6.15. The number of hydrogen-bond donors (Lipinski definition) is 2. The largest absolute Gasteiger partial charge is 0.383 e. The first-order valence-corrected chi connectivity index (χ1v) is 6.25. The zero-order valence-corrected chi connectivity index (χ0v) is 12.1. The van der Waals surface area contributed by atoms with Gasteiger partial charge in [0.25, 0.3) is 0 Å². The Morgan fingerprint density at radius 2 is 2.21 bits per heavy atom. The lowest BCUT2D eigenvalue weighted by Crippen LogP contribution is -2.39. The predicted octanol–water partition coefficient (Wildman–Crippen LogP) is 0.903. The second-order valence-corrected chi connectivity index (χ2v) is 4.41. The molecule has 0 spiro atoms. The molecule has 0 aliphatic carbocycles. The SMILES string of the molecule is COCCN(c1nc(NN)ncc1Cl)C(C)COC. The Bertz CT molecular complexity index is 393. The van der Waals surface area contributed by atoms with Gasteiger partial charge in [0.1, 0.15) is 5.02 Å². The van der Waals surface area contributed by atoms with Gasteiger partial charge in [0.2, 0.25) is 5.95 Å². The van der Waals surface area contributed by atoms with Crippen LogP contribution >= 0.6 is 11.6 Å². The fourth-order valence-corrected chi connectivity index (χ4v) is 1.88. The van der Waals surface area contributed by atoms with E-state index in [1.54, 1.807) is 14.2 Å². The number of hydrazine groups is 1. The minimum absolute atomic E-state index is 0.0955. The number of hydrogen-bond acceptors (Lipinski definition) is 7. The summed E-state index contributed by atoms with van der Waals surface area (Å²) in [6.07, 6.45) is 1.51. The van der Waals surface area contributed by atoms with Crippen molar-refractivity contribution in [3.8, 4) is 0 Å². The molecule has 1 aromatic rings. The number of nitrogen functional groups attached to an aromatic ring is 1. The topological polar surface area (TPSA) is 85.5 Å².